The fourth-order valence-electron chi connectivity index (χ4n) is 3.12. The van der Waals surface area contributed by atoms with Crippen LogP contribution in [0.15, 0.2) is 42.6 Å². The molecule has 1 aromatic heterocycles. The number of hydrogen-bond donors (Lipinski definition) is 0. The predicted molar refractivity (Wildman–Crippen MR) is 92.9 cm³/mol. The molecule has 1 saturated heterocycles. The highest BCUT2D eigenvalue weighted by Crippen LogP contribution is 2.29. The van der Waals surface area contributed by atoms with Gasteiger partial charge in [0.1, 0.15) is 5.88 Å². The number of aromatic nitrogens is 2. The average Bonchev–Trinajstić information content (AvgIpc) is 3.23. The van der Waals surface area contributed by atoms with Crippen molar-refractivity contribution >= 4 is 17.5 Å². The summed E-state index contributed by atoms with van der Waals surface area (Å²) in [6, 6.07) is 12.3. The first-order valence-corrected chi connectivity index (χ1v) is 8.68. The lowest BCUT2D eigenvalue weighted by molar-refractivity contribution is -0.130. The standard InChI is InChI=1S/C18H22ClN3O2/c1-21-8-7-16(20-21)11-22(18(23)10-19)12-17-9-15(13-24-17)14-5-3-2-4-6-14/h2-8,15,17H,9-13H2,1H3/t15-,17-/m0/s1. The minimum Gasteiger partial charge on any atom is -0.376 e. The van der Waals surface area contributed by atoms with Gasteiger partial charge in [-0.2, -0.15) is 5.10 Å². The Hall–Kier alpha value is -1.85. The largest absolute Gasteiger partial charge is 0.376 e. The van der Waals surface area contributed by atoms with Gasteiger partial charge in [-0.05, 0) is 18.1 Å². The molecule has 1 aliphatic heterocycles. The molecule has 1 fully saturated rings. The van der Waals surface area contributed by atoms with Gasteiger partial charge in [-0.1, -0.05) is 30.3 Å². The quantitative estimate of drug-likeness (QED) is 0.754. The summed E-state index contributed by atoms with van der Waals surface area (Å²) in [5, 5.41) is 4.34. The predicted octanol–water partition coefficient (Wildman–Crippen LogP) is 2.56. The summed E-state index contributed by atoms with van der Waals surface area (Å²) in [5.41, 5.74) is 2.15. The van der Waals surface area contributed by atoms with Crippen molar-refractivity contribution in [1.29, 1.82) is 0 Å². The number of alkyl halides is 1. The number of nitrogens with zero attached hydrogens (tertiary/aromatic N) is 3. The van der Waals surface area contributed by atoms with E-state index >= 15 is 0 Å². The van der Waals surface area contributed by atoms with Gasteiger partial charge in [0.05, 0.1) is 24.9 Å². The molecular weight excluding hydrogens is 326 g/mol. The van der Waals surface area contributed by atoms with E-state index in [1.807, 2.05) is 37.5 Å². The maximum atomic E-state index is 12.2. The zero-order valence-electron chi connectivity index (χ0n) is 13.8. The Bertz CT molecular complexity index is 674. The molecule has 6 heteroatoms. The van der Waals surface area contributed by atoms with Gasteiger partial charge in [0.15, 0.2) is 0 Å². The highest BCUT2D eigenvalue weighted by atomic mass is 35.5. The van der Waals surface area contributed by atoms with Crippen molar-refractivity contribution in [3.8, 4) is 0 Å². The highest BCUT2D eigenvalue weighted by Gasteiger charge is 2.29. The Balaban J connectivity index is 1.62. The number of hydrogen-bond acceptors (Lipinski definition) is 3. The topological polar surface area (TPSA) is 47.4 Å². The van der Waals surface area contributed by atoms with Crippen LogP contribution < -0.4 is 0 Å². The third kappa shape index (κ3) is 4.16. The number of amides is 1. The average molecular weight is 348 g/mol. The lowest BCUT2D eigenvalue weighted by Crippen LogP contribution is -2.37. The number of aryl methyl sites for hydroxylation is 1. The molecule has 1 aromatic carbocycles. The van der Waals surface area contributed by atoms with E-state index in [1.165, 1.54) is 5.56 Å². The first-order chi connectivity index (χ1) is 11.7. The Labute approximate surface area is 147 Å². The van der Waals surface area contributed by atoms with Crippen molar-refractivity contribution in [3.63, 3.8) is 0 Å². The van der Waals surface area contributed by atoms with Crippen molar-refractivity contribution in [3.05, 3.63) is 53.9 Å². The Morgan fingerprint density at radius 2 is 2.17 bits per heavy atom. The molecule has 128 valence electrons. The molecule has 1 amide bonds. The van der Waals surface area contributed by atoms with E-state index in [-0.39, 0.29) is 17.9 Å². The highest BCUT2D eigenvalue weighted by molar-refractivity contribution is 6.27. The molecule has 0 N–H and O–H groups in total. The summed E-state index contributed by atoms with van der Waals surface area (Å²) in [5.74, 6) is 0.273. The van der Waals surface area contributed by atoms with Crippen LogP contribution in [0, 0.1) is 0 Å². The van der Waals surface area contributed by atoms with Crippen LogP contribution in [0.1, 0.15) is 23.6 Å². The zero-order chi connectivity index (χ0) is 16.9. The molecule has 0 radical (unpaired) electrons. The maximum Gasteiger partial charge on any atom is 0.237 e. The molecule has 3 rings (SSSR count). The van der Waals surface area contributed by atoms with Crippen LogP contribution in [-0.2, 0) is 23.1 Å². The minimum absolute atomic E-state index is 0.0261. The third-order valence-electron chi connectivity index (χ3n) is 4.36. The molecule has 2 heterocycles. The first-order valence-electron chi connectivity index (χ1n) is 8.14. The second-order valence-corrected chi connectivity index (χ2v) is 6.45. The molecular formula is C18H22ClN3O2. The maximum absolute atomic E-state index is 12.2. The van der Waals surface area contributed by atoms with Gasteiger partial charge < -0.3 is 9.64 Å². The molecule has 0 aliphatic carbocycles. The smallest absolute Gasteiger partial charge is 0.237 e. The molecule has 1 aliphatic rings. The van der Waals surface area contributed by atoms with Crippen LogP contribution in [0.3, 0.4) is 0 Å². The number of ether oxygens (including phenoxy) is 1. The first kappa shape index (κ1) is 17.0. The minimum atomic E-state index is -0.0888. The molecule has 0 bridgehead atoms. The van der Waals surface area contributed by atoms with Gasteiger partial charge in [0.2, 0.25) is 5.91 Å². The third-order valence-corrected chi connectivity index (χ3v) is 4.59. The van der Waals surface area contributed by atoms with Gasteiger partial charge in [-0.15, -0.1) is 11.6 Å². The van der Waals surface area contributed by atoms with Crippen LogP contribution in [0.2, 0.25) is 0 Å². The van der Waals surface area contributed by atoms with E-state index in [4.69, 9.17) is 16.3 Å². The number of rotatable bonds is 6. The summed E-state index contributed by atoms with van der Waals surface area (Å²) in [7, 11) is 1.86. The normalized spacial score (nSPS) is 20.2. The molecule has 0 saturated carbocycles. The van der Waals surface area contributed by atoms with Gasteiger partial charge in [-0.3, -0.25) is 9.48 Å². The van der Waals surface area contributed by atoms with Crippen LogP contribution in [-0.4, -0.2) is 45.7 Å². The number of carbonyl (C=O) groups excluding carboxylic acids is 1. The Morgan fingerprint density at radius 1 is 1.38 bits per heavy atom. The van der Waals surface area contributed by atoms with Gasteiger partial charge in [0.25, 0.3) is 0 Å². The van der Waals surface area contributed by atoms with Crippen molar-refractivity contribution < 1.29 is 9.53 Å². The van der Waals surface area contributed by atoms with Crippen molar-refractivity contribution in [2.24, 2.45) is 7.05 Å². The van der Waals surface area contributed by atoms with Gasteiger partial charge in [0, 0.05) is 25.7 Å². The lowest BCUT2D eigenvalue weighted by atomic mass is 9.96. The SMILES string of the molecule is Cn1ccc(CN(C[C@@H]2C[C@H](c3ccccc3)CO2)C(=O)CCl)n1. The van der Waals surface area contributed by atoms with Crippen LogP contribution in [0.4, 0.5) is 0 Å². The second-order valence-electron chi connectivity index (χ2n) is 6.19. The molecule has 0 spiro atoms. The van der Waals surface area contributed by atoms with E-state index in [1.54, 1.807) is 9.58 Å². The van der Waals surface area contributed by atoms with Crippen molar-refractivity contribution in [1.82, 2.24) is 14.7 Å². The molecule has 24 heavy (non-hydrogen) atoms. The lowest BCUT2D eigenvalue weighted by Gasteiger charge is -2.24. The zero-order valence-corrected chi connectivity index (χ0v) is 14.5. The van der Waals surface area contributed by atoms with E-state index in [2.05, 4.69) is 17.2 Å². The van der Waals surface area contributed by atoms with E-state index in [0.29, 0.717) is 25.6 Å². The summed E-state index contributed by atoms with van der Waals surface area (Å²) in [6.45, 7) is 1.70. The fourth-order valence-corrected chi connectivity index (χ4v) is 3.29. The van der Waals surface area contributed by atoms with Gasteiger partial charge in [-0.25, -0.2) is 0 Å². The molecule has 5 nitrogen and oxygen atoms in total. The summed E-state index contributed by atoms with van der Waals surface area (Å²) in [4.78, 5) is 13.9. The summed E-state index contributed by atoms with van der Waals surface area (Å²) in [6.07, 6.45) is 2.82. The Kier molecular flexibility index (Phi) is 5.53. The van der Waals surface area contributed by atoms with Gasteiger partial charge >= 0.3 is 0 Å². The van der Waals surface area contributed by atoms with Crippen molar-refractivity contribution in [2.75, 3.05) is 19.0 Å². The number of benzene rings is 1. The Morgan fingerprint density at radius 3 is 2.83 bits per heavy atom. The molecule has 2 atom stereocenters. The summed E-state index contributed by atoms with van der Waals surface area (Å²) < 4.78 is 7.66. The monoisotopic (exact) mass is 347 g/mol. The number of carbonyl (C=O) groups is 1. The van der Waals surface area contributed by atoms with Crippen molar-refractivity contribution in [2.45, 2.75) is 25.0 Å². The summed E-state index contributed by atoms with van der Waals surface area (Å²) >= 11 is 5.77. The van der Waals surface area contributed by atoms with Crippen LogP contribution in [0.25, 0.3) is 0 Å². The molecule has 0 unspecified atom stereocenters. The van der Waals surface area contributed by atoms with E-state index in [0.717, 1.165) is 12.1 Å². The second kappa shape index (κ2) is 7.81. The van der Waals surface area contributed by atoms with E-state index in [9.17, 15) is 4.79 Å². The van der Waals surface area contributed by atoms with Crippen LogP contribution in [0.5, 0.6) is 0 Å². The van der Waals surface area contributed by atoms with Crippen LogP contribution >= 0.6 is 11.6 Å². The molecule has 2 aromatic rings. The fraction of sp³-hybridized carbons (Fsp3) is 0.444. The number of halogens is 1. The van der Waals surface area contributed by atoms with E-state index < -0.39 is 0 Å².